The van der Waals surface area contributed by atoms with E-state index >= 15 is 0 Å². The molecule has 1 heterocycles. The molecule has 4 rings (SSSR count). The Hall–Kier alpha value is -1.06. The second-order valence-electron chi connectivity index (χ2n) is 8.28. The van der Waals surface area contributed by atoms with Gasteiger partial charge in [-0.2, -0.15) is 0 Å². The molecule has 1 aliphatic heterocycles. The van der Waals surface area contributed by atoms with Gasteiger partial charge in [-0.3, -0.25) is 4.90 Å². The molecule has 3 nitrogen and oxygen atoms in total. The second kappa shape index (κ2) is 6.34. The van der Waals surface area contributed by atoms with Crippen LogP contribution in [-0.4, -0.2) is 44.7 Å². The van der Waals surface area contributed by atoms with Gasteiger partial charge in [0.15, 0.2) is 0 Å². The van der Waals surface area contributed by atoms with Gasteiger partial charge in [0, 0.05) is 18.0 Å². The van der Waals surface area contributed by atoms with Crippen molar-refractivity contribution in [3.05, 3.63) is 29.3 Å². The third-order valence-electron chi connectivity index (χ3n) is 7.06. The minimum atomic E-state index is 0.315. The standard InChI is InChI=1S/C21H32N2O/c1-15-20-12-17-6-7-18(24-3)13-19(17)21(15,8-10-22-2)9-11-23(20)14-16-4-5-16/h6-7,13,15-16,20,22H,4-5,8-12,14H2,1-3H3. The Bertz CT molecular complexity index is 598. The van der Waals surface area contributed by atoms with Gasteiger partial charge < -0.3 is 10.1 Å². The van der Waals surface area contributed by atoms with Crippen LogP contribution in [0.2, 0.25) is 0 Å². The highest BCUT2D eigenvalue weighted by atomic mass is 16.5. The van der Waals surface area contributed by atoms with E-state index in [0.717, 1.165) is 30.2 Å². The van der Waals surface area contributed by atoms with Crippen LogP contribution in [-0.2, 0) is 11.8 Å². The summed E-state index contributed by atoms with van der Waals surface area (Å²) < 4.78 is 5.56. The third-order valence-corrected chi connectivity index (χ3v) is 7.06. The van der Waals surface area contributed by atoms with E-state index in [0.29, 0.717) is 5.41 Å². The van der Waals surface area contributed by atoms with Gasteiger partial charge in [-0.25, -0.2) is 0 Å². The van der Waals surface area contributed by atoms with Gasteiger partial charge in [0.1, 0.15) is 5.75 Å². The number of benzene rings is 1. The Morgan fingerprint density at radius 3 is 2.88 bits per heavy atom. The molecule has 2 fully saturated rings. The molecular weight excluding hydrogens is 296 g/mol. The molecule has 0 radical (unpaired) electrons. The number of fused-ring (bicyclic) bond motifs is 4. The maximum atomic E-state index is 5.56. The number of nitrogens with zero attached hydrogens (tertiary/aromatic N) is 1. The summed E-state index contributed by atoms with van der Waals surface area (Å²) in [5, 5.41) is 3.40. The highest BCUT2D eigenvalue weighted by molar-refractivity contribution is 5.45. The molecule has 3 atom stereocenters. The van der Waals surface area contributed by atoms with Crippen molar-refractivity contribution in [2.24, 2.45) is 11.8 Å². The van der Waals surface area contributed by atoms with Gasteiger partial charge in [-0.15, -0.1) is 0 Å². The average Bonchev–Trinajstić information content (AvgIpc) is 3.41. The maximum Gasteiger partial charge on any atom is 0.119 e. The van der Waals surface area contributed by atoms with E-state index in [2.05, 4.69) is 42.4 Å². The van der Waals surface area contributed by atoms with Crippen molar-refractivity contribution in [3.63, 3.8) is 0 Å². The molecule has 24 heavy (non-hydrogen) atoms. The van der Waals surface area contributed by atoms with E-state index in [9.17, 15) is 0 Å². The Morgan fingerprint density at radius 1 is 1.33 bits per heavy atom. The third kappa shape index (κ3) is 2.66. The fourth-order valence-corrected chi connectivity index (χ4v) is 5.35. The number of rotatable bonds is 6. The summed E-state index contributed by atoms with van der Waals surface area (Å²) in [7, 11) is 3.87. The first-order valence-corrected chi connectivity index (χ1v) is 9.74. The lowest BCUT2D eigenvalue weighted by atomic mass is 9.56. The smallest absolute Gasteiger partial charge is 0.119 e. The maximum absolute atomic E-state index is 5.56. The Kier molecular flexibility index (Phi) is 4.34. The van der Waals surface area contributed by atoms with Crippen LogP contribution in [0.25, 0.3) is 0 Å². The molecule has 3 aliphatic rings. The lowest BCUT2D eigenvalue weighted by Crippen LogP contribution is -2.59. The first-order valence-electron chi connectivity index (χ1n) is 9.74. The van der Waals surface area contributed by atoms with E-state index < -0.39 is 0 Å². The van der Waals surface area contributed by atoms with Gasteiger partial charge in [-0.05, 0) is 87.3 Å². The molecule has 2 aliphatic carbocycles. The molecule has 1 saturated heterocycles. The normalized spacial score (nSPS) is 32.5. The molecule has 3 heteroatoms. The van der Waals surface area contributed by atoms with E-state index in [-0.39, 0.29) is 0 Å². The number of methoxy groups -OCH3 is 1. The monoisotopic (exact) mass is 328 g/mol. The Morgan fingerprint density at radius 2 is 2.17 bits per heavy atom. The van der Waals surface area contributed by atoms with Crippen molar-refractivity contribution in [3.8, 4) is 5.75 Å². The zero-order chi connectivity index (χ0) is 16.7. The summed E-state index contributed by atoms with van der Waals surface area (Å²) in [6, 6.07) is 7.55. The number of hydrogen-bond donors (Lipinski definition) is 1. The summed E-state index contributed by atoms with van der Waals surface area (Å²) >= 11 is 0. The summed E-state index contributed by atoms with van der Waals surface area (Å²) in [5.41, 5.74) is 3.46. The zero-order valence-corrected chi connectivity index (χ0v) is 15.5. The van der Waals surface area contributed by atoms with E-state index in [4.69, 9.17) is 4.74 Å². The van der Waals surface area contributed by atoms with Crippen LogP contribution in [0.4, 0.5) is 0 Å². The molecular formula is C21H32N2O. The fraction of sp³-hybridized carbons (Fsp3) is 0.714. The number of hydrogen-bond acceptors (Lipinski definition) is 3. The molecule has 1 aromatic rings. The number of piperidine rings is 1. The van der Waals surface area contributed by atoms with Crippen molar-refractivity contribution in [1.29, 1.82) is 0 Å². The van der Waals surface area contributed by atoms with E-state index in [1.807, 2.05) is 0 Å². The lowest BCUT2D eigenvalue weighted by molar-refractivity contribution is 0.0161. The molecule has 1 saturated carbocycles. The van der Waals surface area contributed by atoms with Crippen LogP contribution in [0.15, 0.2) is 18.2 Å². The minimum Gasteiger partial charge on any atom is -0.497 e. The fourth-order valence-electron chi connectivity index (χ4n) is 5.35. The molecule has 132 valence electrons. The van der Waals surface area contributed by atoms with Gasteiger partial charge in [0.05, 0.1) is 7.11 Å². The average molecular weight is 329 g/mol. The Balaban J connectivity index is 1.71. The number of nitrogens with one attached hydrogen (secondary N) is 1. The van der Waals surface area contributed by atoms with Crippen LogP contribution in [0.5, 0.6) is 5.75 Å². The summed E-state index contributed by atoms with van der Waals surface area (Å²) in [5.74, 6) is 2.72. The topological polar surface area (TPSA) is 24.5 Å². The molecule has 0 spiro atoms. The number of likely N-dealkylation sites (tertiary alicyclic amines) is 1. The molecule has 1 N–H and O–H groups in total. The van der Waals surface area contributed by atoms with Crippen LogP contribution < -0.4 is 10.1 Å². The highest BCUT2D eigenvalue weighted by Gasteiger charge is 2.51. The largest absolute Gasteiger partial charge is 0.497 e. The predicted molar refractivity (Wildman–Crippen MR) is 98.8 cm³/mol. The highest BCUT2D eigenvalue weighted by Crippen LogP contribution is 2.52. The minimum absolute atomic E-state index is 0.315. The zero-order valence-electron chi connectivity index (χ0n) is 15.5. The van der Waals surface area contributed by atoms with Gasteiger partial charge in [0.25, 0.3) is 0 Å². The first kappa shape index (κ1) is 16.4. The van der Waals surface area contributed by atoms with Crippen LogP contribution >= 0.6 is 0 Å². The van der Waals surface area contributed by atoms with Crippen LogP contribution in [0.3, 0.4) is 0 Å². The van der Waals surface area contributed by atoms with E-state index in [1.165, 1.54) is 45.2 Å². The van der Waals surface area contributed by atoms with E-state index in [1.54, 1.807) is 18.2 Å². The summed E-state index contributed by atoms with van der Waals surface area (Å²) in [6.45, 7) is 6.21. The van der Waals surface area contributed by atoms with Crippen molar-refractivity contribution in [2.75, 3.05) is 33.8 Å². The Labute approximate surface area is 146 Å². The van der Waals surface area contributed by atoms with Crippen molar-refractivity contribution >= 4 is 0 Å². The van der Waals surface area contributed by atoms with Crippen LogP contribution in [0.1, 0.15) is 43.7 Å². The van der Waals surface area contributed by atoms with Crippen molar-refractivity contribution in [2.45, 2.75) is 50.5 Å². The number of ether oxygens (including phenoxy) is 1. The lowest BCUT2D eigenvalue weighted by Gasteiger charge is -2.56. The van der Waals surface area contributed by atoms with Gasteiger partial charge in [0.2, 0.25) is 0 Å². The molecule has 0 amide bonds. The van der Waals surface area contributed by atoms with Gasteiger partial charge >= 0.3 is 0 Å². The molecule has 2 bridgehead atoms. The quantitative estimate of drug-likeness (QED) is 0.868. The van der Waals surface area contributed by atoms with Gasteiger partial charge in [-0.1, -0.05) is 13.0 Å². The SMILES string of the molecule is CNCCC12CCN(CC3CC3)C(Cc3ccc(OC)cc31)C2C. The summed E-state index contributed by atoms with van der Waals surface area (Å²) in [6.07, 6.45) is 6.65. The second-order valence-corrected chi connectivity index (χ2v) is 8.28. The predicted octanol–water partition coefficient (Wildman–Crippen LogP) is 3.22. The molecule has 3 unspecified atom stereocenters. The van der Waals surface area contributed by atoms with Crippen LogP contribution in [0, 0.1) is 11.8 Å². The van der Waals surface area contributed by atoms with Crippen molar-refractivity contribution in [1.82, 2.24) is 10.2 Å². The summed E-state index contributed by atoms with van der Waals surface area (Å²) in [4.78, 5) is 2.83. The molecule has 0 aromatic heterocycles. The molecule has 1 aromatic carbocycles. The first-order chi connectivity index (χ1) is 11.7. The van der Waals surface area contributed by atoms with Crippen molar-refractivity contribution < 1.29 is 4.74 Å².